The van der Waals surface area contributed by atoms with Crippen LogP contribution in [0, 0.1) is 25.7 Å². The third kappa shape index (κ3) is 5.55. The van der Waals surface area contributed by atoms with Crippen LogP contribution in [0.4, 0.5) is 0 Å². The molecule has 2 heterocycles. The molecule has 0 bridgehead atoms. The third-order valence-corrected chi connectivity index (χ3v) is 5.55. The molecule has 0 atom stereocenters. The molecule has 1 saturated heterocycles. The van der Waals surface area contributed by atoms with Crippen molar-refractivity contribution in [2.45, 2.75) is 40.7 Å². The average Bonchev–Trinajstić information content (AvgIpc) is 2.65. The molecule has 0 radical (unpaired) electrons. The summed E-state index contributed by atoms with van der Waals surface area (Å²) in [5.41, 5.74) is 11.1. The number of amides is 1. The zero-order chi connectivity index (χ0) is 22.7. The Labute approximate surface area is 183 Å². The summed E-state index contributed by atoms with van der Waals surface area (Å²) in [7, 11) is 0. The van der Waals surface area contributed by atoms with E-state index in [1.54, 1.807) is 6.07 Å². The fourth-order valence-electron chi connectivity index (χ4n) is 3.79. The van der Waals surface area contributed by atoms with Crippen molar-refractivity contribution >= 4 is 17.7 Å². The molecule has 0 saturated carbocycles. The number of hydrogen-bond donors (Lipinski definition) is 2. The lowest BCUT2D eigenvalue weighted by Gasteiger charge is -2.36. The smallest absolute Gasteiger partial charge is 0.309 e. The maximum atomic E-state index is 12.6. The highest BCUT2D eigenvalue weighted by Crippen LogP contribution is 2.19. The minimum Gasteiger partial charge on any atom is -0.481 e. The van der Waals surface area contributed by atoms with Gasteiger partial charge < -0.3 is 10.8 Å². The maximum Gasteiger partial charge on any atom is 0.309 e. The Hall–Kier alpha value is -3.06. The molecule has 1 aliphatic heterocycles. The fourth-order valence-corrected chi connectivity index (χ4v) is 3.79. The van der Waals surface area contributed by atoms with Crippen LogP contribution >= 0.6 is 0 Å². The number of nitrogens with zero attached hydrogens (tertiary/aromatic N) is 3. The van der Waals surface area contributed by atoms with Gasteiger partial charge in [-0.05, 0) is 61.6 Å². The predicted octanol–water partition coefficient (Wildman–Crippen LogP) is 2.96. The van der Waals surface area contributed by atoms with Crippen molar-refractivity contribution in [2.75, 3.05) is 13.1 Å². The molecule has 164 valence electrons. The summed E-state index contributed by atoms with van der Waals surface area (Å²) in [6.07, 6.45) is 0.970. The average molecular weight is 423 g/mol. The molecule has 2 aromatic rings. The van der Waals surface area contributed by atoms with Crippen molar-refractivity contribution in [2.24, 2.45) is 22.6 Å². The number of amidine groups is 1. The Morgan fingerprint density at radius 2 is 1.94 bits per heavy atom. The Kier molecular flexibility index (Phi) is 6.85. The van der Waals surface area contributed by atoms with Gasteiger partial charge in [0, 0.05) is 36.5 Å². The van der Waals surface area contributed by atoms with Crippen LogP contribution in [0.25, 0.3) is 0 Å². The van der Waals surface area contributed by atoms with E-state index in [0.29, 0.717) is 42.4 Å². The van der Waals surface area contributed by atoms with E-state index < -0.39 is 5.97 Å². The Bertz CT molecular complexity index is 1020. The number of pyridine rings is 1. The molecule has 1 aromatic carbocycles. The number of nitrogens with two attached hydrogens (primary N) is 1. The molecular weight excluding hydrogens is 392 g/mol. The normalized spacial score (nSPS) is 15.2. The zero-order valence-corrected chi connectivity index (χ0v) is 18.6. The van der Waals surface area contributed by atoms with Gasteiger partial charge in [0.25, 0.3) is 5.91 Å². The van der Waals surface area contributed by atoms with E-state index in [1.807, 2.05) is 43.0 Å². The standard InChI is InChI=1S/C24H30N4O3/c1-14(2)9-17-5-6-18(10-15(17)3)23(29)27-22(25)21-8-7-20(26-16(21)4)13-28-11-19(12-28)24(30)31/h5-8,10,14,19H,9,11-13H2,1-4H3,(H,30,31)(H2,25,27,29). The SMILES string of the molecule is Cc1cc(C(=O)N=C(N)c2ccc(CN3CC(C(=O)O)C3)nc2C)ccc1CC(C)C. The van der Waals surface area contributed by atoms with Crippen LogP contribution in [0.15, 0.2) is 35.3 Å². The van der Waals surface area contributed by atoms with E-state index in [2.05, 4.69) is 23.8 Å². The third-order valence-electron chi connectivity index (χ3n) is 5.55. The Morgan fingerprint density at radius 3 is 2.52 bits per heavy atom. The first kappa shape index (κ1) is 22.6. The van der Waals surface area contributed by atoms with Crippen molar-refractivity contribution in [3.63, 3.8) is 0 Å². The van der Waals surface area contributed by atoms with Crippen LogP contribution in [0.5, 0.6) is 0 Å². The lowest BCUT2D eigenvalue weighted by molar-refractivity contribution is -0.147. The zero-order valence-electron chi connectivity index (χ0n) is 18.6. The number of carboxylic acids is 1. The van der Waals surface area contributed by atoms with Crippen molar-refractivity contribution in [3.8, 4) is 0 Å². The van der Waals surface area contributed by atoms with E-state index >= 15 is 0 Å². The van der Waals surface area contributed by atoms with Gasteiger partial charge in [-0.3, -0.25) is 19.5 Å². The second kappa shape index (κ2) is 9.39. The van der Waals surface area contributed by atoms with Gasteiger partial charge in [0.15, 0.2) is 0 Å². The summed E-state index contributed by atoms with van der Waals surface area (Å²) in [5.74, 6) is -0.737. The molecule has 31 heavy (non-hydrogen) atoms. The number of likely N-dealkylation sites (tertiary alicyclic amines) is 1. The van der Waals surface area contributed by atoms with Gasteiger partial charge in [0.1, 0.15) is 5.84 Å². The van der Waals surface area contributed by atoms with Crippen LogP contribution in [0.1, 0.15) is 52.3 Å². The van der Waals surface area contributed by atoms with Gasteiger partial charge in [-0.1, -0.05) is 19.9 Å². The number of carbonyl (C=O) groups excluding carboxylic acids is 1. The topological polar surface area (TPSA) is 109 Å². The van der Waals surface area contributed by atoms with E-state index in [-0.39, 0.29) is 17.7 Å². The lowest BCUT2D eigenvalue weighted by Crippen LogP contribution is -2.49. The molecular formula is C24H30N4O3. The minimum absolute atomic E-state index is 0.139. The van der Waals surface area contributed by atoms with E-state index in [1.165, 1.54) is 5.56 Å². The highest BCUT2D eigenvalue weighted by molar-refractivity contribution is 6.09. The van der Waals surface area contributed by atoms with Crippen molar-refractivity contribution in [3.05, 3.63) is 64.0 Å². The first-order valence-electron chi connectivity index (χ1n) is 10.5. The molecule has 1 aromatic heterocycles. The molecule has 1 amide bonds. The molecule has 0 unspecified atom stereocenters. The van der Waals surface area contributed by atoms with Crippen LogP contribution in [-0.4, -0.2) is 45.8 Å². The molecule has 7 heteroatoms. The first-order valence-corrected chi connectivity index (χ1v) is 10.5. The number of aliphatic imine (C=N–C) groups is 1. The van der Waals surface area contributed by atoms with Gasteiger partial charge in [-0.25, -0.2) is 0 Å². The number of aliphatic carboxylic acids is 1. The second-order valence-electron chi connectivity index (χ2n) is 8.71. The van der Waals surface area contributed by atoms with Crippen LogP contribution in [0.3, 0.4) is 0 Å². The quantitative estimate of drug-likeness (QED) is 0.524. The Balaban J connectivity index is 1.69. The maximum absolute atomic E-state index is 12.6. The molecule has 3 N–H and O–H groups in total. The summed E-state index contributed by atoms with van der Waals surface area (Å²) in [5, 5.41) is 8.98. The number of aryl methyl sites for hydroxylation is 2. The van der Waals surface area contributed by atoms with Crippen molar-refractivity contribution < 1.29 is 14.7 Å². The second-order valence-corrected chi connectivity index (χ2v) is 8.71. The van der Waals surface area contributed by atoms with Gasteiger partial charge in [-0.2, -0.15) is 4.99 Å². The highest BCUT2D eigenvalue weighted by Gasteiger charge is 2.32. The Morgan fingerprint density at radius 1 is 1.23 bits per heavy atom. The van der Waals surface area contributed by atoms with Crippen LogP contribution < -0.4 is 5.73 Å². The summed E-state index contributed by atoms with van der Waals surface area (Å²) in [6, 6.07) is 9.31. The summed E-state index contributed by atoms with van der Waals surface area (Å²) < 4.78 is 0. The van der Waals surface area contributed by atoms with Crippen LogP contribution in [-0.2, 0) is 17.8 Å². The molecule has 0 aliphatic carbocycles. The molecule has 3 rings (SSSR count). The molecule has 0 spiro atoms. The minimum atomic E-state index is -0.755. The van der Waals surface area contributed by atoms with Crippen molar-refractivity contribution in [1.29, 1.82) is 0 Å². The van der Waals surface area contributed by atoms with E-state index in [4.69, 9.17) is 10.8 Å². The molecule has 7 nitrogen and oxygen atoms in total. The number of hydrogen-bond acceptors (Lipinski definition) is 4. The number of carboxylic acid groups (broad SMARTS) is 1. The molecule has 1 aliphatic rings. The first-order chi connectivity index (χ1) is 14.6. The fraction of sp³-hybridized carbons (Fsp3) is 0.417. The number of carbonyl (C=O) groups is 2. The summed E-state index contributed by atoms with van der Waals surface area (Å²) >= 11 is 0. The number of rotatable bonds is 7. The van der Waals surface area contributed by atoms with Gasteiger partial charge in [0.2, 0.25) is 0 Å². The van der Waals surface area contributed by atoms with Crippen LogP contribution in [0.2, 0.25) is 0 Å². The van der Waals surface area contributed by atoms with Gasteiger partial charge >= 0.3 is 5.97 Å². The van der Waals surface area contributed by atoms with Gasteiger partial charge in [0.05, 0.1) is 11.6 Å². The predicted molar refractivity (Wildman–Crippen MR) is 120 cm³/mol. The van der Waals surface area contributed by atoms with Gasteiger partial charge in [-0.15, -0.1) is 0 Å². The molecule has 1 fully saturated rings. The summed E-state index contributed by atoms with van der Waals surface area (Å²) in [4.78, 5) is 34.2. The monoisotopic (exact) mass is 422 g/mol. The number of benzene rings is 1. The van der Waals surface area contributed by atoms with E-state index in [9.17, 15) is 9.59 Å². The lowest BCUT2D eigenvalue weighted by atomic mass is 9.97. The van der Waals surface area contributed by atoms with E-state index in [0.717, 1.165) is 17.7 Å². The summed E-state index contributed by atoms with van der Waals surface area (Å²) in [6.45, 7) is 9.82. The highest BCUT2D eigenvalue weighted by atomic mass is 16.4. The number of aromatic nitrogens is 1. The largest absolute Gasteiger partial charge is 0.481 e. The van der Waals surface area contributed by atoms with Crippen molar-refractivity contribution in [1.82, 2.24) is 9.88 Å².